The second-order valence-electron chi connectivity index (χ2n) is 6.56. The van der Waals surface area contributed by atoms with Crippen molar-refractivity contribution in [1.82, 2.24) is 10.2 Å². The van der Waals surface area contributed by atoms with Crippen molar-refractivity contribution in [2.24, 2.45) is 0 Å². The van der Waals surface area contributed by atoms with Crippen molar-refractivity contribution in [1.29, 1.82) is 0 Å². The number of hydrogen-bond donors (Lipinski definition) is 1. The average Bonchev–Trinajstić information content (AvgIpc) is 3.17. The summed E-state index contributed by atoms with van der Waals surface area (Å²) < 4.78 is 0. The maximum Gasteiger partial charge on any atom is 0.289 e. The molecule has 0 aromatic rings. The number of thioether (sulfide) groups is 2. The SMILES string of the molecule is O=C(CSC1CCCC1)N[C@@H]1CCCC[C@H]1N1C(=O)CSC1=O. The molecule has 0 radical (unpaired) electrons. The Morgan fingerprint density at radius 2 is 1.83 bits per heavy atom. The van der Waals surface area contributed by atoms with E-state index in [1.54, 1.807) is 11.8 Å². The van der Waals surface area contributed by atoms with Gasteiger partial charge in [0.05, 0.1) is 17.5 Å². The third-order valence-corrected chi connectivity index (χ3v) is 7.15. The zero-order chi connectivity index (χ0) is 16.2. The van der Waals surface area contributed by atoms with Crippen molar-refractivity contribution < 1.29 is 14.4 Å². The van der Waals surface area contributed by atoms with Crippen molar-refractivity contribution in [3.63, 3.8) is 0 Å². The molecular formula is C16H24N2O3S2. The Bertz CT molecular complexity index is 464. The standard InChI is InChI=1S/C16H24N2O3S2/c19-14(9-22-11-5-1-2-6-11)17-12-7-3-4-8-13(12)18-15(20)10-23-16(18)21/h11-13H,1-10H2,(H,17,19)/t12-,13-/m1/s1. The molecule has 0 bridgehead atoms. The van der Waals surface area contributed by atoms with E-state index in [2.05, 4.69) is 5.32 Å². The minimum Gasteiger partial charge on any atom is -0.351 e. The topological polar surface area (TPSA) is 66.5 Å². The van der Waals surface area contributed by atoms with Crippen molar-refractivity contribution in [3.8, 4) is 0 Å². The predicted molar refractivity (Wildman–Crippen MR) is 93.6 cm³/mol. The van der Waals surface area contributed by atoms with Gasteiger partial charge in [-0.1, -0.05) is 37.4 Å². The van der Waals surface area contributed by atoms with Gasteiger partial charge >= 0.3 is 0 Å². The molecule has 3 amide bonds. The molecule has 1 heterocycles. The number of carbonyl (C=O) groups excluding carboxylic acids is 3. The first-order valence-electron chi connectivity index (χ1n) is 8.55. The summed E-state index contributed by atoms with van der Waals surface area (Å²) in [4.78, 5) is 37.6. The second kappa shape index (κ2) is 7.92. The molecule has 3 fully saturated rings. The smallest absolute Gasteiger partial charge is 0.289 e. The van der Waals surface area contributed by atoms with E-state index in [1.807, 2.05) is 0 Å². The fraction of sp³-hybridized carbons (Fsp3) is 0.812. The molecule has 2 aliphatic carbocycles. The van der Waals surface area contributed by atoms with Crippen LogP contribution in [0.15, 0.2) is 0 Å². The lowest BCUT2D eigenvalue weighted by Gasteiger charge is -2.36. The van der Waals surface area contributed by atoms with Crippen LogP contribution in [0.2, 0.25) is 0 Å². The first kappa shape index (κ1) is 17.1. The van der Waals surface area contributed by atoms with Gasteiger partial charge in [-0.2, -0.15) is 0 Å². The molecule has 0 aromatic heterocycles. The molecule has 0 spiro atoms. The Morgan fingerprint density at radius 3 is 2.52 bits per heavy atom. The van der Waals surface area contributed by atoms with E-state index < -0.39 is 0 Å². The second-order valence-corrected chi connectivity index (χ2v) is 8.78. The summed E-state index contributed by atoms with van der Waals surface area (Å²) in [5.41, 5.74) is 0. The first-order valence-corrected chi connectivity index (χ1v) is 10.6. The molecule has 3 rings (SSSR count). The van der Waals surface area contributed by atoms with Crippen LogP contribution in [-0.4, -0.2) is 50.8 Å². The molecular weight excluding hydrogens is 332 g/mol. The van der Waals surface area contributed by atoms with Crippen LogP contribution >= 0.6 is 23.5 Å². The summed E-state index contributed by atoms with van der Waals surface area (Å²) in [6.45, 7) is 0. The lowest BCUT2D eigenvalue weighted by molar-refractivity contribution is -0.128. The number of hydrogen-bond acceptors (Lipinski definition) is 5. The highest BCUT2D eigenvalue weighted by Crippen LogP contribution is 2.31. The Kier molecular flexibility index (Phi) is 5.91. The summed E-state index contributed by atoms with van der Waals surface area (Å²) in [6, 6.07) is -0.230. The van der Waals surface area contributed by atoms with Gasteiger partial charge in [-0.3, -0.25) is 19.3 Å². The van der Waals surface area contributed by atoms with E-state index in [1.165, 1.54) is 30.6 Å². The van der Waals surface area contributed by atoms with Gasteiger partial charge in [-0.05, 0) is 25.7 Å². The van der Waals surface area contributed by atoms with Crippen LogP contribution in [0.3, 0.4) is 0 Å². The Balaban J connectivity index is 1.54. The zero-order valence-electron chi connectivity index (χ0n) is 13.3. The van der Waals surface area contributed by atoms with E-state index in [0.717, 1.165) is 37.4 Å². The van der Waals surface area contributed by atoms with E-state index in [-0.39, 0.29) is 34.9 Å². The highest BCUT2D eigenvalue weighted by molar-refractivity contribution is 8.14. The summed E-state index contributed by atoms with van der Waals surface area (Å²) in [5.74, 6) is 0.676. The first-order chi connectivity index (χ1) is 11.1. The monoisotopic (exact) mass is 356 g/mol. The lowest BCUT2D eigenvalue weighted by atomic mass is 9.89. The molecule has 2 saturated carbocycles. The van der Waals surface area contributed by atoms with Crippen LogP contribution < -0.4 is 5.32 Å². The third-order valence-electron chi connectivity index (χ3n) is 4.94. The fourth-order valence-electron chi connectivity index (χ4n) is 3.77. The average molecular weight is 357 g/mol. The van der Waals surface area contributed by atoms with Crippen molar-refractivity contribution >= 4 is 40.6 Å². The summed E-state index contributed by atoms with van der Waals surface area (Å²) in [7, 11) is 0. The van der Waals surface area contributed by atoms with Crippen LogP contribution in [0.1, 0.15) is 51.4 Å². The van der Waals surface area contributed by atoms with Gasteiger partial charge < -0.3 is 5.32 Å². The number of nitrogens with one attached hydrogen (secondary N) is 1. The van der Waals surface area contributed by atoms with Gasteiger partial charge in [0, 0.05) is 11.3 Å². The molecule has 1 aliphatic heterocycles. The highest BCUT2D eigenvalue weighted by Gasteiger charge is 2.41. The van der Waals surface area contributed by atoms with Gasteiger partial charge in [-0.25, -0.2) is 0 Å². The molecule has 1 saturated heterocycles. The molecule has 7 heteroatoms. The summed E-state index contributed by atoms with van der Waals surface area (Å²) in [6.07, 6.45) is 8.71. The fourth-order valence-corrected chi connectivity index (χ4v) is 5.67. The minimum absolute atomic E-state index is 0.0468. The number of amides is 3. The summed E-state index contributed by atoms with van der Waals surface area (Å²) >= 11 is 2.83. The number of nitrogens with zero attached hydrogens (tertiary/aromatic N) is 1. The largest absolute Gasteiger partial charge is 0.351 e. The highest BCUT2D eigenvalue weighted by atomic mass is 32.2. The normalized spacial score (nSPS) is 29.3. The number of rotatable bonds is 5. The van der Waals surface area contributed by atoms with Gasteiger partial charge in [0.25, 0.3) is 5.24 Å². The zero-order valence-corrected chi connectivity index (χ0v) is 14.9. The minimum atomic E-state index is -0.154. The van der Waals surface area contributed by atoms with Crippen LogP contribution in [0.4, 0.5) is 4.79 Å². The molecule has 1 N–H and O–H groups in total. The molecule has 0 unspecified atom stereocenters. The van der Waals surface area contributed by atoms with Crippen LogP contribution in [0.5, 0.6) is 0 Å². The summed E-state index contributed by atoms with van der Waals surface area (Å²) in [5, 5.41) is 3.57. The molecule has 5 nitrogen and oxygen atoms in total. The predicted octanol–water partition coefficient (Wildman–Crippen LogP) is 2.79. The lowest BCUT2D eigenvalue weighted by Crippen LogP contribution is -2.55. The van der Waals surface area contributed by atoms with Gasteiger partial charge in [0.1, 0.15) is 0 Å². The third kappa shape index (κ3) is 4.24. The van der Waals surface area contributed by atoms with E-state index in [9.17, 15) is 14.4 Å². The van der Waals surface area contributed by atoms with Gasteiger partial charge in [-0.15, -0.1) is 11.8 Å². The van der Waals surface area contributed by atoms with E-state index in [0.29, 0.717) is 11.0 Å². The molecule has 0 aromatic carbocycles. The Labute approximate surface area is 145 Å². The number of carbonyl (C=O) groups is 3. The van der Waals surface area contributed by atoms with Crippen molar-refractivity contribution in [2.45, 2.75) is 68.7 Å². The van der Waals surface area contributed by atoms with Crippen LogP contribution in [-0.2, 0) is 9.59 Å². The van der Waals surface area contributed by atoms with Crippen LogP contribution in [0, 0.1) is 0 Å². The Hall–Kier alpha value is -0.690. The molecule has 2 atom stereocenters. The maximum absolute atomic E-state index is 12.3. The molecule has 23 heavy (non-hydrogen) atoms. The van der Waals surface area contributed by atoms with Gasteiger partial charge in [0.2, 0.25) is 11.8 Å². The maximum atomic E-state index is 12.3. The van der Waals surface area contributed by atoms with E-state index >= 15 is 0 Å². The van der Waals surface area contributed by atoms with Crippen molar-refractivity contribution in [2.75, 3.05) is 11.5 Å². The van der Waals surface area contributed by atoms with Crippen molar-refractivity contribution in [3.05, 3.63) is 0 Å². The van der Waals surface area contributed by atoms with Crippen LogP contribution in [0.25, 0.3) is 0 Å². The molecule has 128 valence electrons. The number of imide groups is 1. The van der Waals surface area contributed by atoms with E-state index in [4.69, 9.17) is 0 Å². The Morgan fingerprint density at radius 1 is 1.13 bits per heavy atom. The quantitative estimate of drug-likeness (QED) is 0.820. The van der Waals surface area contributed by atoms with Gasteiger partial charge in [0.15, 0.2) is 0 Å². The molecule has 3 aliphatic rings.